The van der Waals surface area contributed by atoms with Gasteiger partial charge in [-0.2, -0.15) is 0 Å². The Bertz CT molecular complexity index is 436. The van der Waals surface area contributed by atoms with Crippen LogP contribution in [0.3, 0.4) is 0 Å². The van der Waals surface area contributed by atoms with Crippen LogP contribution in [0.1, 0.15) is 18.4 Å². The van der Waals surface area contributed by atoms with E-state index in [1.165, 1.54) is 12.1 Å². The molecule has 0 aliphatic carbocycles. The van der Waals surface area contributed by atoms with E-state index in [1.807, 2.05) is 0 Å². The van der Waals surface area contributed by atoms with E-state index >= 15 is 0 Å². The highest BCUT2D eigenvalue weighted by Gasteiger charge is 2.39. The molecule has 0 amide bonds. The lowest BCUT2D eigenvalue weighted by Crippen LogP contribution is -2.53. The van der Waals surface area contributed by atoms with Gasteiger partial charge in [0.15, 0.2) is 0 Å². The molecule has 0 unspecified atom stereocenters. The van der Waals surface area contributed by atoms with Gasteiger partial charge in [-0.3, -0.25) is 0 Å². The lowest BCUT2D eigenvalue weighted by atomic mass is 9.88. The molecule has 0 spiro atoms. The number of aliphatic carboxylic acids is 1. The van der Waals surface area contributed by atoms with Gasteiger partial charge in [-0.25, -0.2) is 9.18 Å². The van der Waals surface area contributed by atoms with E-state index in [9.17, 15) is 14.3 Å². The number of carboxylic acid groups (broad SMARTS) is 1. The van der Waals surface area contributed by atoms with E-state index in [0.29, 0.717) is 31.6 Å². The summed E-state index contributed by atoms with van der Waals surface area (Å²) in [7, 11) is 0. The summed E-state index contributed by atoms with van der Waals surface area (Å²) in [5, 5.41) is 15.5. The second-order valence-electron chi connectivity index (χ2n) is 4.78. The van der Waals surface area contributed by atoms with Crippen molar-refractivity contribution in [2.45, 2.75) is 25.3 Å². The van der Waals surface area contributed by atoms with Crippen LogP contribution < -0.4 is 10.6 Å². The maximum absolute atomic E-state index is 13.3. The molecule has 0 saturated carbocycles. The molecule has 0 aromatic heterocycles. The molecule has 1 aromatic carbocycles. The van der Waals surface area contributed by atoms with Crippen LogP contribution in [0, 0.1) is 12.7 Å². The molecule has 1 saturated heterocycles. The molecule has 3 N–H and O–H groups in total. The molecule has 18 heavy (non-hydrogen) atoms. The minimum atomic E-state index is -0.995. The highest BCUT2D eigenvalue weighted by atomic mass is 19.1. The van der Waals surface area contributed by atoms with E-state index in [-0.39, 0.29) is 5.82 Å². The Labute approximate surface area is 105 Å². The van der Waals surface area contributed by atoms with Gasteiger partial charge in [-0.1, -0.05) is 0 Å². The van der Waals surface area contributed by atoms with Crippen LogP contribution in [0.5, 0.6) is 0 Å². The summed E-state index contributed by atoms with van der Waals surface area (Å²) in [5.74, 6) is -1.24. The number of rotatable bonds is 3. The van der Waals surface area contributed by atoms with Crippen LogP contribution in [0.25, 0.3) is 0 Å². The van der Waals surface area contributed by atoms with Crippen molar-refractivity contribution in [2.24, 2.45) is 0 Å². The second kappa shape index (κ2) is 4.94. The zero-order chi connectivity index (χ0) is 13.2. The van der Waals surface area contributed by atoms with Gasteiger partial charge in [0.05, 0.1) is 0 Å². The summed E-state index contributed by atoms with van der Waals surface area (Å²) in [6.45, 7) is 3.07. The van der Waals surface area contributed by atoms with Gasteiger partial charge in [-0.05, 0) is 56.6 Å². The molecular formula is C13H17FN2O2. The number of aryl methyl sites for hydroxylation is 1. The van der Waals surface area contributed by atoms with Gasteiger partial charge in [0, 0.05) is 5.69 Å². The lowest BCUT2D eigenvalue weighted by Gasteiger charge is -2.35. The minimum Gasteiger partial charge on any atom is -0.480 e. The average Bonchev–Trinajstić information content (AvgIpc) is 2.28. The number of carboxylic acids is 1. The molecular weight excluding hydrogens is 235 g/mol. The first-order valence-electron chi connectivity index (χ1n) is 6.01. The predicted octanol–water partition coefficient (Wildman–Crippen LogP) is 1.75. The fourth-order valence-electron chi connectivity index (χ4n) is 2.33. The van der Waals surface area contributed by atoms with Gasteiger partial charge < -0.3 is 15.7 Å². The van der Waals surface area contributed by atoms with Crippen LogP contribution in [0.4, 0.5) is 10.1 Å². The van der Waals surface area contributed by atoms with Crippen molar-refractivity contribution in [2.75, 3.05) is 18.4 Å². The van der Waals surface area contributed by atoms with E-state index < -0.39 is 11.5 Å². The molecule has 0 atom stereocenters. The van der Waals surface area contributed by atoms with Crippen molar-refractivity contribution in [1.29, 1.82) is 0 Å². The molecule has 0 radical (unpaired) electrons. The standard InChI is InChI=1S/C13H17FN2O2/c1-9-6-10(14)8-11(7-9)16-13(12(17)18)2-4-15-5-3-13/h6-8,15-16H,2-5H2,1H3,(H,17,18). The monoisotopic (exact) mass is 252 g/mol. The summed E-state index contributed by atoms with van der Waals surface area (Å²) in [6.07, 6.45) is 0.968. The van der Waals surface area contributed by atoms with Gasteiger partial charge in [0.1, 0.15) is 11.4 Å². The number of halogens is 1. The van der Waals surface area contributed by atoms with Crippen molar-refractivity contribution < 1.29 is 14.3 Å². The van der Waals surface area contributed by atoms with Crippen molar-refractivity contribution in [1.82, 2.24) is 5.32 Å². The fourth-order valence-corrected chi connectivity index (χ4v) is 2.33. The predicted molar refractivity (Wildman–Crippen MR) is 67.2 cm³/mol. The number of carbonyl (C=O) groups is 1. The first-order chi connectivity index (χ1) is 8.52. The first kappa shape index (κ1) is 12.8. The van der Waals surface area contributed by atoms with Crippen molar-refractivity contribution >= 4 is 11.7 Å². The SMILES string of the molecule is Cc1cc(F)cc(NC2(C(=O)O)CCNCC2)c1. The molecule has 2 rings (SSSR count). The molecule has 1 aromatic rings. The van der Waals surface area contributed by atoms with Crippen LogP contribution in [0.2, 0.25) is 0 Å². The van der Waals surface area contributed by atoms with Crippen LogP contribution in [0.15, 0.2) is 18.2 Å². The molecule has 98 valence electrons. The van der Waals surface area contributed by atoms with Gasteiger partial charge in [0.25, 0.3) is 0 Å². The highest BCUT2D eigenvalue weighted by molar-refractivity contribution is 5.83. The number of nitrogens with one attached hydrogen (secondary N) is 2. The number of hydrogen-bond donors (Lipinski definition) is 3. The summed E-state index contributed by atoms with van der Waals surface area (Å²) in [6, 6.07) is 4.51. The van der Waals surface area contributed by atoms with E-state index in [0.717, 1.165) is 5.56 Å². The molecule has 0 bridgehead atoms. The van der Waals surface area contributed by atoms with Gasteiger partial charge in [0.2, 0.25) is 0 Å². The fraction of sp³-hybridized carbons (Fsp3) is 0.462. The maximum atomic E-state index is 13.3. The Kier molecular flexibility index (Phi) is 3.52. The molecule has 1 aliphatic heterocycles. The first-order valence-corrected chi connectivity index (χ1v) is 6.01. The van der Waals surface area contributed by atoms with E-state index in [1.54, 1.807) is 13.0 Å². The van der Waals surface area contributed by atoms with Crippen molar-refractivity contribution in [3.63, 3.8) is 0 Å². The number of benzene rings is 1. The van der Waals surface area contributed by atoms with Gasteiger partial charge >= 0.3 is 5.97 Å². The Hall–Kier alpha value is -1.62. The summed E-state index contributed by atoms with van der Waals surface area (Å²) >= 11 is 0. The number of anilines is 1. The third kappa shape index (κ3) is 2.61. The molecule has 1 heterocycles. The number of piperidine rings is 1. The Morgan fingerprint density at radius 2 is 2.06 bits per heavy atom. The third-order valence-electron chi connectivity index (χ3n) is 3.29. The van der Waals surface area contributed by atoms with Crippen molar-refractivity contribution in [3.05, 3.63) is 29.6 Å². The quantitative estimate of drug-likeness (QED) is 0.767. The Balaban J connectivity index is 2.25. The number of hydrogen-bond acceptors (Lipinski definition) is 3. The van der Waals surface area contributed by atoms with E-state index in [4.69, 9.17) is 0 Å². The average molecular weight is 252 g/mol. The Morgan fingerprint density at radius 3 is 2.61 bits per heavy atom. The second-order valence-corrected chi connectivity index (χ2v) is 4.78. The van der Waals surface area contributed by atoms with Crippen LogP contribution >= 0.6 is 0 Å². The van der Waals surface area contributed by atoms with Gasteiger partial charge in [-0.15, -0.1) is 0 Å². The normalized spacial score (nSPS) is 18.3. The third-order valence-corrected chi connectivity index (χ3v) is 3.29. The zero-order valence-corrected chi connectivity index (χ0v) is 10.3. The summed E-state index contributed by atoms with van der Waals surface area (Å²) in [5.41, 5.74) is 0.301. The Morgan fingerprint density at radius 1 is 1.39 bits per heavy atom. The van der Waals surface area contributed by atoms with Crippen molar-refractivity contribution in [3.8, 4) is 0 Å². The molecule has 5 heteroatoms. The van der Waals surface area contributed by atoms with Crippen LogP contribution in [-0.2, 0) is 4.79 Å². The minimum absolute atomic E-state index is 0.355. The molecule has 1 aliphatic rings. The summed E-state index contributed by atoms with van der Waals surface area (Å²) < 4.78 is 13.3. The molecule has 4 nitrogen and oxygen atoms in total. The largest absolute Gasteiger partial charge is 0.480 e. The maximum Gasteiger partial charge on any atom is 0.329 e. The van der Waals surface area contributed by atoms with Crippen LogP contribution in [-0.4, -0.2) is 29.7 Å². The zero-order valence-electron chi connectivity index (χ0n) is 10.3. The smallest absolute Gasteiger partial charge is 0.329 e. The molecule has 1 fully saturated rings. The lowest BCUT2D eigenvalue weighted by molar-refractivity contribution is -0.143. The highest BCUT2D eigenvalue weighted by Crippen LogP contribution is 2.26. The van der Waals surface area contributed by atoms with E-state index in [2.05, 4.69) is 10.6 Å². The summed E-state index contributed by atoms with van der Waals surface area (Å²) in [4.78, 5) is 11.5. The topological polar surface area (TPSA) is 61.4 Å².